The van der Waals surface area contributed by atoms with Gasteiger partial charge in [-0.05, 0) is 12.1 Å². The molecule has 5 nitrogen and oxygen atoms in total. The molecule has 1 heterocycles. The average Bonchev–Trinajstić information content (AvgIpc) is 2.59. The van der Waals surface area contributed by atoms with E-state index in [0.717, 1.165) is 10.8 Å². The van der Waals surface area contributed by atoms with Gasteiger partial charge in [0.1, 0.15) is 0 Å². The van der Waals surface area contributed by atoms with Crippen LogP contribution in [0.4, 0.5) is 0 Å². The van der Waals surface area contributed by atoms with Crippen LogP contribution < -0.4 is 0 Å². The van der Waals surface area contributed by atoms with Crippen LogP contribution in [0.2, 0.25) is 0 Å². The first-order valence-corrected chi connectivity index (χ1v) is 4.13. The highest BCUT2D eigenvalue weighted by Gasteiger charge is 2.02. The summed E-state index contributed by atoms with van der Waals surface area (Å²) in [5.74, 6) is -0.214. The predicted octanol–water partition coefficient (Wildman–Crippen LogP) is 0.453. The van der Waals surface area contributed by atoms with E-state index >= 15 is 0 Å². The Morgan fingerprint density at radius 1 is 1.71 bits per heavy atom. The minimum atomic E-state index is -0.214. The van der Waals surface area contributed by atoms with E-state index in [4.69, 9.17) is 4.84 Å². The van der Waals surface area contributed by atoms with E-state index in [1.165, 1.54) is 13.2 Å². The fourth-order valence-corrected chi connectivity index (χ4v) is 0.899. The summed E-state index contributed by atoms with van der Waals surface area (Å²) in [7, 11) is 4.80. The van der Waals surface area contributed by atoms with Crippen LogP contribution >= 0.6 is 0 Å². The summed E-state index contributed by atoms with van der Waals surface area (Å²) in [4.78, 5) is 16.0. The first kappa shape index (κ1) is 10.5. The van der Waals surface area contributed by atoms with Gasteiger partial charge in [-0.2, -0.15) is 5.10 Å². The second-order valence-electron chi connectivity index (χ2n) is 2.73. The Morgan fingerprint density at radius 3 is 2.93 bits per heavy atom. The maximum atomic E-state index is 11.3. The predicted molar refractivity (Wildman–Crippen MR) is 52.0 cm³/mol. The summed E-state index contributed by atoms with van der Waals surface area (Å²) < 4.78 is 1.68. The molecule has 0 saturated heterocycles. The number of aryl methyl sites for hydroxylation is 1. The van der Waals surface area contributed by atoms with Gasteiger partial charge in [0.25, 0.3) is 5.91 Å². The molecule has 0 aliphatic carbocycles. The highest BCUT2D eigenvalue weighted by Crippen LogP contribution is 1.99. The van der Waals surface area contributed by atoms with E-state index < -0.39 is 0 Å². The van der Waals surface area contributed by atoms with Crippen molar-refractivity contribution in [3.63, 3.8) is 0 Å². The Balaban J connectivity index is 2.65. The van der Waals surface area contributed by atoms with Crippen LogP contribution in [0.1, 0.15) is 5.69 Å². The minimum absolute atomic E-state index is 0.214. The quantitative estimate of drug-likeness (QED) is 0.519. The molecule has 0 N–H and O–H groups in total. The number of rotatable bonds is 3. The van der Waals surface area contributed by atoms with Gasteiger partial charge >= 0.3 is 0 Å². The first-order chi connectivity index (χ1) is 6.65. The summed E-state index contributed by atoms with van der Waals surface area (Å²) >= 11 is 0. The third-order valence-corrected chi connectivity index (χ3v) is 1.84. The second-order valence-corrected chi connectivity index (χ2v) is 2.73. The Morgan fingerprint density at radius 2 is 2.43 bits per heavy atom. The van der Waals surface area contributed by atoms with Crippen LogP contribution in [0, 0.1) is 0 Å². The van der Waals surface area contributed by atoms with Crippen molar-refractivity contribution >= 4 is 12.0 Å². The monoisotopic (exact) mass is 195 g/mol. The molecule has 76 valence electrons. The average molecular weight is 195 g/mol. The molecule has 0 atom stereocenters. The molecule has 1 amide bonds. The van der Waals surface area contributed by atoms with Gasteiger partial charge in [0, 0.05) is 26.4 Å². The smallest absolute Gasteiger partial charge is 0.269 e. The van der Waals surface area contributed by atoms with E-state index in [1.54, 1.807) is 24.0 Å². The molecule has 0 fully saturated rings. The Hall–Kier alpha value is -1.62. The van der Waals surface area contributed by atoms with Gasteiger partial charge in [0.15, 0.2) is 0 Å². The largest absolute Gasteiger partial charge is 0.274 e. The van der Waals surface area contributed by atoms with Crippen LogP contribution in [0.25, 0.3) is 6.08 Å². The molecule has 0 spiro atoms. The zero-order chi connectivity index (χ0) is 10.6. The van der Waals surface area contributed by atoms with Crippen molar-refractivity contribution in [1.82, 2.24) is 14.8 Å². The molecule has 14 heavy (non-hydrogen) atoms. The third-order valence-electron chi connectivity index (χ3n) is 1.84. The van der Waals surface area contributed by atoms with Gasteiger partial charge < -0.3 is 0 Å². The molecule has 0 bridgehead atoms. The lowest BCUT2D eigenvalue weighted by Gasteiger charge is -2.09. The Labute approximate surface area is 82.5 Å². The summed E-state index contributed by atoms with van der Waals surface area (Å²) in [6.45, 7) is 0. The molecule has 0 radical (unpaired) electrons. The van der Waals surface area contributed by atoms with Gasteiger partial charge in [-0.3, -0.25) is 14.3 Å². The van der Waals surface area contributed by atoms with Crippen LogP contribution in [-0.4, -0.2) is 34.9 Å². The molecular weight excluding hydrogens is 182 g/mol. The molecular formula is C9H13N3O2. The van der Waals surface area contributed by atoms with E-state index in [2.05, 4.69) is 5.10 Å². The molecule has 5 heteroatoms. The first-order valence-electron chi connectivity index (χ1n) is 4.13. The molecule has 1 rings (SSSR count). The maximum absolute atomic E-state index is 11.3. The molecule has 0 unspecified atom stereocenters. The van der Waals surface area contributed by atoms with Gasteiger partial charge in [-0.15, -0.1) is 0 Å². The lowest BCUT2D eigenvalue weighted by molar-refractivity contribution is -0.162. The molecule has 0 aliphatic heterocycles. The van der Waals surface area contributed by atoms with Crippen LogP contribution in [-0.2, 0) is 16.7 Å². The van der Waals surface area contributed by atoms with Crippen molar-refractivity contribution in [3.8, 4) is 0 Å². The van der Waals surface area contributed by atoms with Crippen molar-refractivity contribution in [2.45, 2.75) is 0 Å². The second kappa shape index (κ2) is 4.57. The van der Waals surface area contributed by atoms with Crippen molar-refractivity contribution in [2.75, 3.05) is 14.2 Å². The SMILES string of the molecule is CON(C)C(=O)/C=C/c1ccnn1C. The number of hydrogen-bond donors (Lipinski definition) is 0. The fourth-order valence-electron chi connectivity index (χ4n) is 0.899. The summed E-state index contributed by atoms with van der Waals surface area (Å²) in [6.07, 6.45) is 4.79. The number of likely N-dealkylation sites (N-methyl/N-ethyl adjacent to an activating group) is 1. The van der Waals surface area contributed by atoms with Gasteiger partial charge in [-0.25, -0.2) is 5.06 Å². The lowest BCUT2D eigenvalue weighted by atomic mass is 10.3. The van der Waals surface area contributed by atoms with Crippen molar-refractivity contribution in [3.05, 3.63) is 24.0 Å². The van der Waals surface area contributed by atoms with Crippen LogP contribution in [0.15, 0.2) is 18.3 Å². The van der Waals surface area contributed by atoms with Gasteiger partial charge in [-0.1, -0.05) is 0 Å². The number of carbonyl (C=O) groups excluding carboxylic acids is 1. The highest BCUT2D eigenvalue weighted by molar-refractivity contribution is 5.90. The van der Waals surface area contributed by atoms with Gasteiger partial charge in [0.2, 0.25) is 0 Å². The molecule has 0 aliphatic rings. The topological polar surface area (TPSA) is 47.4 Å². The molecule has 0 aromatic carbocycles. The number of hydrogen-bond acceptors (Lipinski definition) is 3. The maximum Gasteiger partial charge on any atom is 0.269 e. The molecule has 1 aromatic heterocycles. The minimum Gasteiger partial charge on any atom is -0.274 e. The van der Waals surface area contributed by atoms with E-state index in [1.807, 2.05) is 13.1 Å². The zero-order valence-corrected chi connectivity index (χ0v) is 8.47. The fraction of sp³-hybridized carbons (Fsp3) is 0.333. The van der Waals surface area contributed by atoms with E-state index in [-0.39, 0.29) is 5.91 Å². The molecule has 0 saturated carbocycles. The summed E-state index contributed by atoms with van der Waals surface area (Å²) in [5, 5.41) is 5.11. The summed E-state index contributed by atoms with van der Waals surface area (Å²) in [6, 6.07) is 1.82. The van der Waals surface area contributed by atoms with Crippen molar-refractivity contribution < 1.29 is 9.63 Å². The van der Waals surface area contributed by atoms with Crippen molar-refractivity contribution in [1.29, 1.82) is 0 Å². The third kappa shape index (κ3) is 2.43. The zero-order valence-electron chi connectivity index (χ0n) is 8.47. The van der Waals surface area contributed by atoms with Crippen molar-refractivity contribution in [2.24, 2.45) is 7.05 Å². The highest BCUT2D eigenvalue weighted by atomic mass is 16.7. The standard InChI is InChI=1S/C9H13N3O2/c1-11-8(6-7-10-11)4-5-9(13)12(2)14-3/h4-7H,1-3H3/b5-4+. The Bertz CT molecular complexity index is 344. The molecule has 1 aromatic rings. The van der Waals surface area contributed by atoms with E-state index in [9.17, 15) is 4.79 Å². The van der Waals surface area contributed by atoms with Gasteiger partial charge in [0.05, 0.1) is 12.8 Å². The number of nitrogens with zero attached hydrogens (tertiary/aromatic N) is 3. The lowest BCUT2D eigenvalue weighted by Crippen LogP contribution is -2.23. The van der Waals surface area contributed by atoms with E-state index in [0.29, 0.717) is 0 Å². The normalized spacial score (nSPS) is 10.8. The van der Waals surface area contributed by atoms with Crippen LogP contribution in [0.5, 0.6) is 0 Å². The number of hydroxylamine groups is 2. The summed E-state index contributed by atoms with van der Waals surface area (Å²) in [5.41, 5.74) is 0.864. The number of amides is 1. The number of aromatic nitrogens is 2. The van der Waals surface area contributed by atoms with Crippen LogP contribution in [0.3, 0.4) is 0 Å². The number of carbonyl (C=O) groups is 1. The Kier molecular flexibility index (Phi) is 3.41.